The summed E-state index contributed by atoms with van der Waals surface area (Å²) in [4.78, 5) is 10.6. The van der Waals surface area contributed by atoms with Gasteiger partial charge in [0.2, 0.25) is 0 Å². The molecule has 0 aliphatic heterocycles. The lowest BCUT2D eigenvalue weighted by Gasteiger charge is -2.14. The van der Waals surface area contributed by atoms with Gasteiger partial charge in [-0.3, -0.25) is 4.79 Å². The van der Waals surface area contributed by atoms with Crippen LogP contribution in [0.2, 0.25) is 0 Å². The Balaban J connectivity index is 2.56. The van der Waals surface area contributed by atoms with E-state index in [9.17, 15) is 4.79 Å². The first-order valence-electron chi connectivity index (χ1n) is 5.59. The summed E-state index contributed by atoms with van der Waals surface area (Å²) in [5.41, 5.74) is 6.39. The molecule has 96 valence electrons. The molecular weight excluding hydrogens is 232 g/mol. The van der Waals surface area contributed by atoms with E-state index < -0.39 is 0 Å². The quantitative estimate of drug-likeness (QED) is 0.633. The third-order valence-corrected chi connectivity index (χ3v) is 2.26. The first-order chi connectivity index (χ1) is 8.54. The summed E-state index contributed by atoms with van der Waals surface area (Å²) in [5, 5.41) is 8.96. The van der Waals surface area contributed by atoms with E-state index in [0.717, 1.165) is 0 Å². The molecule has 0 amide bonds. The number of ether oxygens (including phenoxy) is 2. The molecule has 1 aromatic carbocycles. The molecular formula is C13H16N2O3. The first kappa shape index (κ1) is 13.8. The van der Waals surface area contributed by atoms with Gasteiger partial charge in [0.15, 0.2) is 0 Å². The highest BCUT2D eigenvalue weighted by Crippen LogP contribution is 2.23. The van der Waals surface area contributed by atoms with Crippen LogP contribution in [0.4, 0.5) is 5.69 Å². The van der Waals surface area contributed by atoms with Gasteiger partial charge in [-0.2, -0.15) is 5.26 Å². The number of nitrogen functional groups attached to an aromatic ring is 1. The minimum atomic E-state index is -0.316. The van der Waals surface area contributed by atoms with E-state index in [-0.39, 0.29) is 11.9 Å². The second kappa shape index (κ2) is 6.50. The highest BCUT2D eigenvalue weighted by Gasteiger charge is 2.10. The van der Waals surface area contributed by atoms with Gasteiger partial charge in [0, 0.05) is 12.8 Å². The third-order valence-electron chi connectivity index (χ3n) is 2.26. The number of nitrogens with two attached hydrogens (primary N) is 1. The summed E-state index contributed by atoms with van der Waals surface area (Å²) in [6.45, 7) is 3.89. The molecule has 1 aromatic rings. The van der Waals surface area contributed by atoms with Crippen molar-refractivity contribution in [3.8, 4) is 11.8 Å². The van der Waals surface area contributed by atoms with Crippen LogP contribution in [0.25, 0.3) is 0 Å². The molecule has 0 aromatic heterocycles. The van der Waals surface area contributed by atoms with Gasteiger partial charge in [0.25, 0.3) is 0 Å². The largest absolute Gasteiger partial charge is 0.492 e. The fourth-order valence-corrected chi connectivity index (χ4v) is 1.33. The number of anilines is 1. The Hall–Kier alpha value is -2.22. The molecule has 0 saturated carbocycles. The van der Waals surface area contributed by atoms with Crippen LogP contribution in [-0.2, 0) is 9.53 Å². The zero-order chi connectivity index (χ0) is 13.5. The minimum absolute atomic E-state index is 0.0434. The van der Waals surface area contributed by atoms with Gasteiger partial charge >= 0.3 is 5.97 Å². The van der Waals surface area contributed by atoms with Crippen LogP contribution >= 0.6 is 0 Å². The summed E-state index contributed by atoms with van der Waals surface area (Å²) in [6, 6.07) is 7.06. The van der Waals surface area contributed by atoms with E-state index in [1.807, 2.05) is 13.0 Å². The van der Waals surface area contributed by atoms with Crippen LogP contribution in [-0.4, -0.2) is 19.2 Å². The zero-order valence-corrected chi connectivity index (χ0v) is 10.5. The second-order valence-corrected chi connectivity index (χ2v) is 4.05. The molecule has 2 N–H and O–H groups in total. The monoisotopic (exact) mass is 248 g/mol. The zero-order valence-electron chi connectivity index (χ0n) is 10.5. The lowest BCUT2D eigenvalue weighted by atomic mass is 10.1. The maximum atomic E-state index is 10.6. The summed E-state index contributed by atoms with van der Waals surface area (Å²) in [6.07, 6.45) is 0. The highest BCUT2D eigenvalue weighted by molar-refractivity contribution is 5.65. The van der Waals surface area contributed by atoms with Gasteiger partial charge in [0.05, 0.1) is 18.9 Å². The smallest absolute Gasteiger partial charge is 0.302 e. The topological polar surface area (TPSA) is 85.3 Å². The average Bonchev–Trinajstić information content (AvgIpc) is 2.33. The SMILES string of the molecule is CC(=O)OCC(C)COc1cccc(N)c1C#N. The fourth-order valence-electron chi connectivity index (χ4n) is 1.33. The molecule has 1 unspecified atom stereocenters. The molecule has 0 heterocycles. The average molecular weight is 248 g/mol. The number of hydrogen-bond acceptors (Lipinski definition) is 5. The number of nitrogens with zero attached hydrogens (tertiary/aromatic N) is 1. The standard InChI is InChI=1S/C13H16N2O3/c1-9(7-17-10(2)16)8-18-13-5-3-4-12(15)11(13)6-14/h3-5,9H,7-8,15H2,1-2H3. The number of rotatable bonds is 5. The molecule has 18 heavy (non-hydrogen) atoms. The number of nitriles is 1. The Labute approximate surface area is 106 Å². The Kier molecular flexibility index (Phi) is 5.00. The second-order valence-electron chi connectivity index (χ2n) is 4.05. The summed E-state index contributed by atoms with van der Waals surface area (Å²) < 4.78 is 10.4. The predicted octanol–water partition coefficient (Wildman–Crippen LogP) is 1.72. The molecule has 5 nitrogen and oxygen atoms in total. The fraction of sp³-hybridized carbons (Fsp3) is 0.385. The maximum absolute atomic E-state index is 10.6. The number of benzene rings is 1. The van der Waals surface area contributed by atoms with Crippen LogP contribution in [0.1, 0.15) is 19.4 Å². The van der Waals surface area contributed by atoms with Crippen LogP contribution in [0.5, 0.6) is 5.75 Å². The Morgan fingerprint density at radius 2 is 2.22 bits per heavy atom. The molecule has 1 atom stereocenters. The van der Waals surface area contributed by atoms with E-state index in [4.69, 9.17) is 20.5 Å². The van der Waals surface area contributed by atoms with E-state index in [0.29, 0.717) is 30.2 Å². The number of carbonyl (C=O) groups is 1. The van der Waals surface area contributed by atoms with Crippen LogP contribution < -0.4 is 10.5 Å². The van der Waals surface area contributed by atoms with Crippen molar-refractivity contribution in [3.05, 3.63) is 23.8 Å². The number of carbonyl (C=O) groups excluding carboxylic acids is 1. The van der Waals surface area contributed by atoms with Crippen molar-refractivity contribution in [2.24, 2.45) is 5.92 Å². The Bertz CT molecular complexity index is 466. The lowest BCUT2D eigenvalue weighted by Crippen LogP contribution is -2.17. The van der Waals surface area contributed by atoms with Gasteiger partial charge in [0.1, 0.15) is 17.4 Å². The first-order valence-corrected chi connectivity index (χ1v) is 5.59. The van der Waals surface area contributed by atoms with Crippen molar-refractivity contribution in [2.45, 2.75) is 13.8 Å². The van der Waals surface area contributed by atoms with E-state index in [1.54, 1.807) is 18.2 Å². The molecule has 0 spiro atoms. The third kappa shape index (κ3) is 3.98. The summed E-state index contributed by atoms with van der Waals surface area (Å²) >= 11 is 0. The molecule has 0 bridgehead atoms. The molecule has 1 rings (SSSR count). The Morgan fingerprint density at radius 3 is 2.83 bits per heavy atom. The van der Waals surface area contributed by atoms with Gasteiger partial charge in [-0.15, -0.1) is 0 Å². The van der Waals surface area contributed by atoms with Crippen LogP contribution in [0, 0.1) is 17.2 Å². The van der Waals surface area contributed by atoms with Crippen molar-refractivity contribution in [1.29, 1.82) is 5.26 Å². The maximum Gasteiger partial charge on any atom is 0.302 e. The van der Waals surface area contributed by atoms with E-state index in [2.05, 4.69) is 0 Å². The van der Waals surface area contributed by atoms with Crippen molar-refractivity contribution >= 4 is 11.7 Å². The highest BCUT2D eigenvalue weighted by atomic mass is 16.5. The van der Waals surface area contributed by atoms with Crippen molar-refractivity contribution in [1.82, 2.24) is 0 Å². The van der Waals surface area contributed by atoms with Gasteiger partial charge in [-0.1, -0.05) is 13.0 Å². The van der Waals surface area contributed by atoms with Crippen LogP contribution in [0.3, 0.4) is 0 Å². The van der Waals surface area contributed by atoms with Crippen LogP contribution in [0.15, 0.2) is 18.2 Å². The molecule has 0 aliphatic rings. The van der Waals surface area contributed by atoms with E-state index in [1.165, 1.54) is 6.92 Å². The molecule has 5 heteroatoms. The van der Waals surface area contributed by atoms with Crippen molar-refractivity contribution in [3.63, 3.8) is 0 Å². The summed E-state index contributed by atoms with van der Waals surface area (Å²) in [5.74, 6) is 0.178. The Morgan fingerprint density at radius 1 is 1.50 bits per heavy atom. The molecule has 0 fully saturated rings. The molecule has 0 saturated heterocycles. The summed E-state index contributed by atoms with van der Waals surface area (Å²) in [7, 11) is 0. The number of esters is 1. The molecule has 0 radical (unpaired) electrons. The number of hydrogen-bond donors (Lipinski definition) is 1. The predicted molar refractivity (Wildman–Crippen MR) is 66.9 cm³/mol. The van der Waals surface area contributed by atoms with Crippen molar-refractivity contribution in [2.75, 3.05) is 18.9 Å². The van der Waals surface area contributed by atoms with E-state index >= 15 is 0 Å². The lowest BCUT2D eigenvalue weighted by molar-refractivity contribution is -0.142. The molecule has 0 aliphatic carbocycles. The van der Waals surface area contributed by atoms with Gasteiger partial charge < -0.3 is 15.2 Å². The van der Waals surface area contributed by atoms with Crippen molar-refractivity contribution < 1.29 is 14.3 Å². The minimum Gasteiger partial charge on any atom is -0.492 e. The normalized spacial score (nSPS) is 11.4. The van der Waals surface area contributed by atoms with Gasteiger partial charge in [-0.05, 0) is 12.1 Å². The van der Waals surface area contributed by atoms with Gasteiger partial charge in [-0.25, -0.2) is 0 Å².